The van der Waals surface area contributed by atoms with Crippen LogP contribution in [-0.2, 0) is 17.8 Å². The number of allylic oxidation sites excluding steroid dienone is 1. The predicted octanol–water partition coefficient (Wildman–Crippen LogP) is 5.62. The SMILES string of the molecule is C=CCn1c(CC2CCCCC2)nnc1SCC(=O)Nc1cc(Cl)cc(Cl)c1. The monoisotopic (exact) mass is 438 g/mol. The van der Waals surface area contributed by atoms with Gasteiger partial charge in [-0.1, -0.05) is 73.1 Å². The van der Waals surface area contributed by atoms with E-state index in [0.29, 0.717) is 28.2 Å². The Balaban J connectivity index is 1.61. The number of nitrogens with zero attached hydrogens (tertiary/aromatic N) is 3. The van der Waals surface area contributed by atoms with Crippen LogP contribution >= 0.6 is 35.0 Å². The smallest absolute Gasteiger partial charge is 0.234 e. The molecule has 1 fully saturated rings. The zero-order valence-electron chi connectivity index (χ0n) is 15.7. The molecule has 0 bridgehead atoms. The molecule has 3 rings (SSSR count). The fourth-order valence-electron chi connectivity index (χ4n) is 3.49. The van der Waals surface area contributed by atoms with Gasteiger partial charge < -0.3 is 9.88 Å². The van der Waals surface area contributed by atoms with Crippen LogP contribution in [0.25, 0.3) is 0 Å². The van der Waals surface area contributed by atoms with Crippen molar-refractivity contribution in [3.8, 4) is 0 Å². The summed E-state index contributed by atoms with van der Waals surface area (Å²) in [5.74, 6) is 1.74. The molecule has 0 aliphatic heterocycles. The minimum atomic E-state index is -0.148. The summed E-state index contributed by atoms with van der Waals surface area (Å²) < 4.78 is 2.07. The first kappa shape index (κ1) is 21.2. The number of anilines is 1. The van der Waals surface area contributed by atoms with Crippen molar-refractivity contribution >= 4 is 46.6 Å². The molecule has 0 atom stereocenters. The van der Waals surface area contributed by atoms with Gasteiger partial charge in [-0.3, -0.25) is 4.79 Å². The van der Waals surface area contributed by atoms with Crippen molar-refractivity contribution in [3.05, 3.63) is 46.7 Å². The molecule has 1 aliphatic rings. The van der Waals surface area contributed by atoms with Crippen molar-refractivity contribution in [1.82, 2.24) is 14.8 Å². The topological polar surface area (TPSA) is 59.8 Å². The summed E-state index contributed by atoms with van der Waals surface area (Å²) in [6.45, 7) is 4.48. The van der Waals surface area contributed by atoms with Crippen LogP contribution < -0.4 is 5.32 Å². The Labute approximate surface area is 179 Å². The summed E-state index contributed by atoms with van der Waals surface area (Å²) >= 11 is 13.3. The first-order chi connectivity index (χ1) is 13.5. The molecule has 1 aromatic heterocycles. The van der Waals surface area contributed by atoms with Crippen molar-refractivity contribution in [2.45, 2.75) is 50.2 Å². The quantitative estimate of drug-likeness (QED) is 0.428. The van der Waals surface area contributed by atoms with Gasteiger partial charge in [-0.25, -0.2) is 0 Å². The van der Waals surface area contributed by atoms with E-state index < -0.39 is 0 Å². The Hall–Kier alpha value is -1.50. The molecular formula is C20H24Cl2N4OS. The molecular weight excluding hydrogens is 415 g/mol. The average Bonchev–Trinajstić information content (AvgIpc) is 3.02. The average molecular weight is 439 g/mol. The lowest BCUT2D eigenvalue weighted by atomic mass is 9.87. The second kappa shape index (κ2) is 10.3. The number of thioether (sulfide) groups is 1. The summed E-state index contributed by atoms with van der Waals surface area (Å²) in [5, 5.41) is 13.2. The molecule has 0 spiro atoms. The summed E-state index contributed by atoms with van der Waals surface area (Å²) in [4.78, 5) is 12.3. The molecule has 1 heterocycles. The van der Waals surface area contributed by atoms with E-state index in [1.165, 1.54) is 43.9 Å². The van der Waals surface area contributed by atoms with Gasteiger partial charge in [-0.15, -0.1) is 16.8 Å². The number of aromatic nitrogens is 3. The van der Waals surface area contributed by atoms with Gasteiger partial charge in [0.15, 0.2) is 5.16 Å². The van der Waals surface area contributed by atoms with Gasteiger partial charge in [0.2, 0.25) is 5.91 Å². The molecule has 1 aromatic carbocycles. The molecule has 150 valence electrons. The highest BCUT2D eigenvalue weighted by Crippen LogP contribution is 2.28. The second-order valence-electron chi connectivity index (χ2n) is 7.00. The maximum atomic E-state index is 12.3. The number of hydrogen-bond donors (Lipinski definition) is 1. The molecule has 0 radical (unpaired) electrons. The van der Waals surface area contributed by atoms with Crippen LogP contribution in [0.1, 0.15) is 37.9 Å². The number of benzene rings is 1. The Bertz CT molecular complexity index is 813. The van der Waals surface area contributed by atoms with E-state index in [4.69, 9.17) is 23.2 Å². The molecule has 2 aromatic rings. The summed E-state index contributed by atoms with van der Waals surface area (Å²) in [7, 11) is 0. The van der Waals surface area contributed by atoms with E-state index in [-0.39, 0.29) is 11.7 Å². The number of rotatable bonds is 8. The normalized spacial score (nSPS) is 14.8. The summed E-state index contributed by atoms with van der Waals surface area (Å²) in [5.41, 5.74) is 0.577. The van der Waals surface area contributed by atoms with Crippen LogP contribution in [0.15, 0.2) is 36.0 Å². The van der Waals surface area contributed by atoms with Gasteiger partial charge in [-0.05, 0) is 24.1 Å². The van der Waals surface area contributed by atoms with Crippen LogP contribution in [0.4, 0.5) is 5.69 Å². The molecule has 8 heteroatoms. The molecule has 0 unspecified atom stereocenters. The zero-order valence-corrected chi connectivity index (χ0v) is 18.0. The standard InChI is InChI=1S/C20H24Cl2N4OS/c1-2-8-26-18(9-14-6-4-3-5-7-14)24-25-20(26)28-13-19(27)23-17-11-15(21)10-16(22)12-17/h2,10-12,14H,1,3-9,13H2,(H,23,27). The summed E-state index contributed by atoms with van der Waals surface area (Å²) in [6, 6.07) is 4.95. The van der Waals surface area contributed by atoms with Gasteiger partial charge in [0.1, 0.15) is 5.82 Å². The van der Waals surface area contributed by atoms with Crippen LogP contribution in [0, 0.1) is 5.92 Å². The fraction of sp³-hybridized carbons (Fsp3) is 0.450. The van der Waals surface area contributed by atoms with Crippen molar-refractivity contribution in [3.63, 3.8) is 0 Å². The lowest BCUT2D eigenvalue weighted by molar-refractivity contribution is -0.113. The van der Waals surface area contributed by atoms with E-state index >= 15 is 0 Å². The second-order valence-corrected chi connectivity index (χ2v) is 8.82. The minimum absolute atomic E-state index is 0.148. The van der Waals surface area contributed by atoms with Gasteiger partial charge in [0.25, 0.3) is 0 Å². The number of halogens is 2. The highest BCUT2D eigenvalue weighted by Gasteiger charge is 2.19. The fourth-order valence-corrected chi connectivity index (χ4v) is 4.78. The van der Waals surface area contributed by atoms with Crippen LogP contribution in [0.3, 0.4) is 0 Å². The lowest BCUT2D eigenvalue weighted by Crippen LogP contribution is -2.15. The molecule has 1 saturated carbocycles. The number of hydrogen-bond acceptors (Lipinski definition) is 4. The van der Waals surface area contributed by atoms with Gasteiger partial charge >= 0.3 is 0 Å². The number of carbonyl (C=O) groups excluding carboxylic acids is 1. The molecule has 1 N–H and O–H groups in total. The van der Waals surface area contributed by atoms with E-state index in [1.54, 1.807) is 18.2 Å². The number of nitrogens with one attached hydrogen (secondary N) is 1. The van der Waals surface area contributed by atoms with Crippen LogP contribution in [-0.4, -0.2) is 26.4 Å². The highest BCUT2D eigenvalue weighted by atomic mass is 35.5. The first-order valence-corrected chi connectivity index (χ1v) is 11.2. The third-order valence-electron chi connectivity index (χ3n) is 4.78. The molecule has 1 aliphatic carbocycles. The van der Waals surface area contributed by atoms with Gasteiger partial charge in [0, 0.05) is 28.7 Å². The van der Waals surface area contributed by atoms with Gasteiger partial charge in [0.05, 0.1) is 5.75 Å². The van der Waals surface area contributed by atoms with Crippen LogP contribution in [0.5, 0.6) is 0 Å². The van der Waals surface area contributed by atoms with Crippen molar-refractivity contribution in [2.24, 2.45) is 5.92 Å². The first-order valence-electron chi connectivity index (χ1n) is 9.47. The van der Waals surface area contributed by atoms with E-state index in [0.717, 1.165) is 17.4 Å². The van der Waals surface area contributed by atoms with E-state index in [1.807, 2.05) is 6.08 Å². The molecule has 28 heavy (non-hydrogen) atoms. The zero-order chi connectivity index (χ0) is 19.9. The van der Waals surface area contributed by atoms with Gasteiger partial charge in [-0.2, -0.15) is 0 Å². The van der Waals surface area contributed by atoms with E-state index in [2.05, 4.69) is 26.7 Å². The largest absolute Gasteiger partial charge is 0.325 e. The van der Waals surface area contributed by atoms with E-state index in [9.17, 15) is 4.79 Å². The molecule has 0 saturated heterocycles. The van der Waals surface area contributed by atoms with Crippen molar-refractivity contribution in [2.75, 3.05) is 11.1 Å². The van der Waals surface area contributed by atoms with Crippen molar-refractivity contribution in [1.29, 1.82) is 0 Å². The maximum Gasteiger partial charge on any atom is 0.234 e. The maximum absolute atomic E-state index is 12.3. The Morgan fingerprint density at radius 3 is 2.61 bits per heavy atom. The molecule has 5 nitrogen and oxygen atoms in total. The summed E-state index contributed by atoms with van der Waals surface area (Å²) in [6.07, 6.45) is 9.23. The minimum Gasteiger partial charge on any atom is -0.325 e. The molecule has 1 amide bonds. The highest BCUT2D eigenvalue weighted by molar-refractivity contribution is 7.99. The Kier molecular flexibility index (Phi) is 7.82. The number of amides is 1. The van der Waals surface area contributed by atoms with Crippen LogP contribution in [0.2, 0.25) is 10.0 Å². The number of carbonyl (C=O) groups is 1. The van der Waals surface area contributed by atoms with Crippen molar-refractivity contribution < 1.29 is 4.79 Å². The predicted molar refractivity (Wildman–Crippen MR) is 116 cm³/mol. The lowest BCUT2D eigenvalue weighted by Gasteiger charge is -2.21. The Morgan fingerprint density at radius 2 is 1.93 bits per heavy atom. The third kappa shape index (κ3) is 6.00. The third-order valence-corrected chi connectivity index (χ3v) is 6.18. The Morgan fingerprint density at radius 1 is 1.21 bits per heavy atom.